The van der Waals surface area contributed by atoms with E-state index in [1.165, 1.54) is 24.1 Å². The van der Waals surface area contributed by atoms with Gasteiger partial charge in [0.05, 0.1) is 11.6 Å². The zero-order valence-corrected chi connectivity index (χ0v) is 17.3. The van der Waals surface area contributed by atoms with Crippen LogP contribution in [0.4, 0.5) is 0 Å². The van der Waals surface area contributed by atoms with Gasteiger partial charge < -0.3 is 4.74 Å². The van der Waals surface area contributed by atoms with Crippen molar-refractivity contribution < 1.29 is 4.74 Å². The number of halogens is 1. The van der Waals surface area contributed by atoms with Crippen LogP contribution >= 0.6 is 11.6 Å². The van der Waals surface area contributed by atoms with Gasteiger partial charge in [-0.3, -0.25) is 4.98 Å². The maximum absolute atomic E-state index is 9.37. The van der Waals surface area contributed by atoms with E-state index in [-0.39, 0.29) is 0 Å². The molecule has 4 rings (SSSR count). The van der Waals surface area contributed by atoms with Crippen molar-refractivity contribution in [1.82, 2.24) is 4.98 Å². The Morgan fingerprint density at radius 1 is 1.07 bits per heavy atom. The number of hydrogen-bond donors (Lipinski definition) is 0. The Morgan fingerprint density at radius 2 is 1.86 bits per heavy atom. The molecular formula is C25H23ClN2O. The van der Waals surface area contributed by atoms with Gasteiger partial charge in [0, 0.05) is 28.0 Å². The maximum Gasteiger partial charge on any atom is 0.126 e. The molecule has 0 saturated carbocycles. The molecule has 29 heavy (non-hydrogen) atoms. The number of pyridine rings is 1. The van der Waals surface area contributed by atoms with Crippen molar-refractivity contribution in [1.29, 1.82) is 5.26 Å². The van der Waals surface area contributed by atoms with Gasteiger partial charge in [-0.15, -0.1) is 0 Å². The zero-order chi connectivity index (χ0) is 20.2. The molecule has 0 saturated heterocycles. The van der Waals surface area contributed by atoms with Crippen LogP contribution in [0, 0.1) is 11.3 Å². The van der Waals surface area contributed by atoms with Gasteiger partial charge in [-0.05, 0) is 60.9 Å². The molecule has 1 heterocycles. The summed E-state index contributed by atoms with van der Waals surface area (Å²) >= 11 is 6.01. The highest BCUT2D eigenvalue weighted by Crippen LogP contribution is 2.31. The Kier molecular flexibility index (Phi) is 5.83. The lowest BCUT2D eigenvalue weighted by molar-refractivity contribution is 0.300. The molecule has 1 aliphatic carbocycles. The van der Waals surface area contributed by atoms with Crippen LogP contribution in [0.25, 0.3) is 11.1 Å². The van der Waals surface area contributed by atoms with E-state index in [1.807, 2.05) is 24.3 Å². The van der Waals surface area contributed by atoms with Crippen molar-refractivity contribution in [3.8, 4) is 22.9 Å². The van der Waals surface area contributed by atoms with Crippen LogP contribution in [-0.2, 0) is 25.9 Å². The minimum absolute atomic E-state index is 0.519. The van der Waals surface area contributed by atoms with Crippen molar-refractivity contribution in [3.63, 3.8) is 0 Å². The van der Waals surface area contributed by atoms with Gasteiger partial charge in [0.15, 0.2) is 0 Å². The lowest BCUT2D eigenvalue weighted by Crippen LogP contribution is -2.10. The van der Waals surface area contributed by atoms with Crippen molar-refractivity contribution in [2.45, 2.75) is 45.6 Å². The Bertz CT molecular complexity index is 1070. The van der Waals surface area contributed by atoms with Crippen LogP contribution in [0.2, 0.25) is 5.02 Å². The summed E-state index contributed by atoms with van der Waals surface area (Å²) in [5.41, 5.74) is 7.16. The molecule has 0 aliphatic heterocycles. The Labute approximate surface area is 176 Å². The molecule has 0 N–H and O–H groups in total. The van der Waals surface area contributed by atoms with Crippen LogP contribution in [0.1, 0.15) is 47.8 Å². The van der Waals surface area contributed by atoms with E-state index in [4.69, 9.17) is 21.3 Å². The molecule has 0 atom stereocenters. The summed E-state index contributed by atoms with van der Waals surface area (Å²) in [5.74, 6) is 0.986. The van der Waals surface area contributed by atoms with Crippen molar-refractivity contribution in [2.24, 2.45) is 0 Å². The highest BCUT2D eigenvalue weighted by Gasteiger charge is 2.17. The topological polar surface area (TPSA) is 45.9 Å². The summed E-state index contributed by atoms with van der Waals surface area (Å²) < 4.78 is 6.23. The van der Waals surface area contributed by atoms with Crippen molar-refractivity contribution in [3.05, 3.63) is 81.6 Å². The van der Waals surface area contributed by atoms with Gasteiger partial charge in [0.25, 0.3) is 0 Å². The van der Waals surface area contributed by atoms with E-state index in [9.17, 15) is 5.26 Å². The molecule has 4 heteroatoms. The van der Waals surface area contributed by atoms with Crippen LogP contribution in [0.15, 0.2) is 48.5 Å². The van der Waals surface area contributed by atoms with Gasteiger partial charge in [-0.25, -0.2) is 0 Å². The molecule has 146 valence electrons. The van der Waals surface area contributed by atoms with Gasteiger partial charge in [-0.2, -0.15) is 5.26 Å². The zero-order valence-electron chi connectivity index (χ0n) is 16.5. The fourth-order valence-electron chi connectivity index (χ4n) is 3.83. The average Bonchev–Trinajstić information content (AvgIpc) is 2.77. The smallest absolute Gasteiger partial charge is 0.126 e. The molecule has 1 aliphatic rings. The number of nitriles is 1. The molecular weight excluding hydrogens is 380 g/mol. The molecule has 3 nitrogen and oxygen atoms in total. The van der Waals surface area contributed by atoms with Crippen LogP contribution in [-0.4, -0.2) is 4.98 Å². The Hall–Kier alpha value is -2.83. The maximum atomic E-state index is 9.37. The van der Waals surface area contributed by atoms with Crippen LogP contribution < -0.4 is 4.74 Å². The normalized spacial score (nSPS) is 12.9. The quantitative estimate of drug-likeness (QED) is 0.503. The van der Waals surface area contributed by atoms with Gasteiger partial charge >= 0.3 is 0 Å². The summed E-state index contributed by atoms with van der Waals surface area (Å²) in [6.07, 6.45) is 5.43. The second-order valence-corrected chi connectivity index (χ2v) is 7.82. The SMILES string of the molecule is CCc1cc(OCc2ccc(-c3ccc(Cl)cc3C#N)cc2)c2c(n1)CCCC2. The molecule has 3 aromatic rings. The summed E-state index contributed by atoms with van der Waals surface area (Å²) in [5, 5.41) is 9.95. The van der Waals surface area contributed by atoms with E-state index in [1.54, 1.807) is 6.07 Å². The first-order valence-corrected chi connectivity index (χ1v) is 10.5. The lowest BCUT2D eigenvalue weighted by atomic mass is 9.94. The van der Waals surface area contributed by atoms with Gasteiger partial charge in [0.2, 0.25) is 0 Å². The molecule has 1 aromatic heterocycles. The van der Waals surface area contributed by atoms with Crippen molar-refractivity contribution >= 4 is 11.6 Å². The average molecular weight is 403 g/mol. The third kappa shape index (κ3) is 4.28. The van der Waals surface area contributed by atoms with E-state index < -0.39 is 0 Å². The summed E-state index contributed by atoms with van der Waals surface area (Å²) in [6.45, 7) is 2.65. The molecule has 0 radical (unpaired) electrons. The lowest BCUT2D eigenvalue weighted by Gasteiger charge is -2.20. The fraction of sp³-hybridized carbons (Fsp3) is 0.280. The summed E-state index contributed by atoms with van der Waals surface area (Å²) in [7, 11) is 0. The van der Waals surface area contributed by atoms with E-state index in [0.29, 0.717) is 17.2 Å². The van der Waals surface area contributed by atoms with E-state index in [0.717, 1.165) is 47.4 Å². The Balaban J connectivity index is 1.53. The first-order chi connectivity index (χ1) is 14.2. The second-order valence-electron chi connectivity index (χ2n) is 7.38. The first kappa shape index (κ1) is 19.5. The largest absolute Gasteiger partial charge is 0.488 e. The predicted octanol–water partition coefficient (Wildman–Crippen LogP) is 6.29. The Morgan fingerprint density at radius 3 is 2.62 bits per heavy atom. The monoisotopic (exact) mass is 402 g/mol. The minimum atomic E-state index is 0.519. The van der Waals surface area contributed by atoms with Crippen LogP contribution in [0.3, 0.4) is 0 Å². The number of fused-ring (bicyclic) bond motifs is 1. The standard InChI is InChI=1S/C25H23ClN2O/c1-2-21-14-25(23-5-3-4-6-24(23)28-21)29-16-17-7-9-18(10-8-17)22-12-11-20(26)13-19(22)15-27/h7-14H,2-6,16H2,1H3. The number of ether oxygens (including phenoxy) is 1. The number of aromatic nitrogens is 1. The second kappa shape index (κ2) is 8.68. The summed E-state index contributed by atoms with van der Waals surface area (Å²) in [6, 6.07) is 17.9. The number of benzene rings is 2. The molecule has 0 spiro atoms. The molecule has 0 fully saturated rings. The highest BCUT2D eigenvalue weighted by molar-refractivity contribution is 6.30. The molecule has 0 bridgehead atoms. The number of aryl methyl sites for hydroxylation is 2. The fourth-order valence-corrected chi connectivity index (χ4v) is 4.01. The third-order valence-corrected chi connectivity index (χ3v) is 5.67. The van der Waals surface area contributed by atoms with Gasteiger partial charge in [0.1, 0.15) is 12.4 Å². The number of rotatable bonds is 5. The van der Waals surface area contributed by atoms with E-state index in [2.05, 4.69) is 31.2 Å². The third-order valence-electron chi connectivity index (χ3n) is 5.44. The minimum Gasteiger partial charge on any atom is -0.488 e. The molecule has 0 unspecified atom stereocenters. The molecule has 0 amide bonds. The van der Waals surface area contributed by atoms with Gasteiger partial charge in [-0.1, -0.05) is 48.9 Å². The number of nitrogens with zero attached hydrogens (tertiary/aromatic N) is 2. The van der Waals surface area contributed by atoms with Crippen molar-refractivity contribution in [2.75, 3.05) is 0 Å². The highest BCUT2D eigenvalue weighted by atomic mass is 35.5. The predicted molar refractivity (Wildman–Crippen MR) is 116 cm³/mol. The van der Waals surface area contributed by atoms with E-state index >= 15 is 0 Å². The number of hydrogen-bond acceptors (Lipinski definition) is 3. The first-order valence-electron chi connectivity index (χ1n) is 10.1. The summed E-state index contributed by atoms with van der Waals surface area (Å²) in [4.78, 5) is 4.80. The van der Waals surface area contributed by atoms with Crippen LogP contribution in [0.5, 0.6) is 5.75 Å². The molecule has 2 aromatic carbocycles.